The Hall–Kier alpha value is -1.52. The van der Waals surface area contributed by atoms with E-state index in [2.05, 4.69) is 23.7 Å². The first kappa shape index (κ1) is 19.8. The molecule has 2 rings (SSSR count). The fraction of sp³-hybridized carbons (Fsp3) is 0.556. The zero-order valence-electron chi connectivity index (χ0n) is 14.1. The summed E-state index contributed by atoms with van der Waals surface area (Å²) in [5.41, 5.74) is -0.179. The molecule has 0 aliphatic carbocycles. The zero-order chi connectivity index (χ0) is 18.5. The molecule has 1 aromatic rings. The van der Waals surface area contributed by atoms with E-state index in [9.17, 15) is 21.6 Å². The lowest BCUT2D eigenvalue weighted by Crippen LogP contribution is -2.37. The molecule has 3 nitrogen and oxygen atoms in total. The van der Waals surface area contributed by atoms with Gasteiger partial charge in [0.15, 0.2) is 9.84 Å². The molecule has 1 fully saturated rings. The Kier molecular flexibility index (Phi) is 6.53. The summed E-state index contributed by atoms with van der Waals surface area (Å²) in [6.45, 7) is 3.26. The van der Waals surface area contributed by atoms with E-state index < -0.39 is 21.6 Å². The molecule has 0 spiro atoms. The molecule has 0 amide bonds. The predicted octanol–water partition coefficient (Wildman–Crippen LogP) is 3.35. The van der Waals surface area contributed by atoms with Gasteiger partial charge in [-0.1, -0.05) is 25.2 Å². The summed E-state index contributed by atoms with van der Waals surface area (Å²) < 4.78 is 61.0. The largest absolute Gasteiger partial charge is 0.416 e. The van der Waals surface area contributed by atoms with E-state index in [1.165, 1.54) is 12.1 Å². The summed E-state index contributed by atoms with van der Waals surface area (Å²) in [6, 6.07) is 4.72. The first-order valence-electron chi connectivity index (χ1n) is 8.32. The summed E-state index contributed by atoms with van der Waals surface area (Å²) in [4.78, 5) is 2.07. The van der Waals surface area contributed by atoms with E-state index in [-0.39, 0.29) is 17.5 Å². The van der Waals surface area contributed by atoms with Crippen LogP contribution in [0.4, 0.5) is 13.2 Å². The Balaban J connectivity index is 2.02. The number of unbranched alkanes of at least 4 members (excludes halogenated alkanes) is 1. The van der Waals surface area contributed by atoms with Gasteiger partial charge in [-0.2, -0.15) is 13.2 Å². The lowest BCUT2D eigenvalue weighted by atomic mass is 10.1. The Morgan fingerprint density at radius 3 is 2.44 bits per heavy atom. The molecule has 1 saturated heterocycles. The highest BCUT2D eigenvalue weighted by Gasteiger charge is 2.31. The van der Waals surface area contributed by atoms with E-state index in [1.807, 2.05) is 0 Å². The van der Waals surface area contributed by atoms with Crippen molar-refractivity contribution in [3.05, 3.63) is 35.4 Å². The summed E-state index contributed by atoms with van der Waals surface area (Å²) >= 11 is 0. The van der Waals surface area contributed by atoms with Crippen LogP contribution in [0.15, 0.2) is 24.3 Å². The Bertz CT molecular complexity index is 730. The molecule has 7 heteroatoms. The molecule has 0 radical (unpaired) electrons. The normalized spacial score (nSPS) is 19.6. The summed E-state index contributed by atoms with van der Waals surface area (Å²) in [7, 11) is -2.96. The van der Waals surface area contributed by atoms with Crippen molar-refractivity contribution in [2.45, 2.75) is 38.4 Å². The maximum atomic E-state index is 12.5. The highest BCUT2D eigenvalue weighted by atomic mass is 32.2. The maximum Gasteiger partial charge on any atom is 0.416 e. The second-order valence-corrected chi connectivity index (χ2v) is 8.49. The average molecular weight is 373 g/mol. The standard InChI is InChI=1S/C18H22F3NO2S/c1-2-3-11-22(17-10-13-25(23,24)14-17)12-4-5-15-6-8-16(9-7-15)18(19,20)21/h6-9,17H,2-3,10-14H2,1H3. The van der Waals surface area contributed by atoms with Gasteiger partial charge in [-0.25, -0.2) is 8.42 Å². The zero-order valence-corrected chi connectivity index (χ0v) is 15.0. The minimum absolute atomic E-state index is 0.0153. The van der Waals surface area contributed by atoms with Crippen LogP contribution < -0.4 is 0 Å². The molecular weight excluding hydrogens is 351 g/mol. The van der Waals surface area contributed by atoms with E-state index in [1.54, 1.807) is 0 Å². The number of hydrogen-bond acceptors (Lipinski definition) is 3. The van der Waals surface area contributed by atoms with Crippen LogP contribution in [0.2, 0.25) is 0 Å². The van der Waals surface area contributed by atoms with Crippen LogP contribution in [0.25, 0.3) is 0 Å². The van der Waals surface area contributed by atoms with Crippen molar-refractivity contribution in [3.8, 4) is 11.8 Å². The first-order chi connectivity index (χ1) is 11.7. The summed E-state index contributed by atoms with van der Waals surface area (Å²) in [5, 5.41) is 0. The van der Waals surface area contributed by atoms with Crippen molar-refractivity contribution in [2.24, 2.45) is 0 Å². The third-order valence-corrected chi connectivity index (χ3v) is 6.00. The molecule has 0 saturated carbocycles. The molecule has 1 aromatic carbocycles. The van der Waals surface area contributed by atoms with Crippen molar-refractivity contribution in [1.82, 2.24) is 4.90 Å². The molecular formula is C18H22F3NO2S. The van der Waals surface area contributed by atoms with Gasteiger partial charge in [0.1, 0.15) is 0 Å². The Labute approximate surface area is 147 Å². The lowest BCUT2D eigenvalue weighted by molar-refractivity contribution is -0.137. The second-order valence-electron chi connectivity index (χ2n) is 6.26. The molecule has 0 N–H and O–H groups in total. The SMILES string of the molecule is CCCCN(CC#Cc1ccc(C(F)(F)F)cc1)C1CCS(=O)(=O)C1. The van der Waals surface area contributed by atoms with Crippen molar-refractivity contribution in [1.29, 1.82) is 0 Å². The number of sulfone groups is 1. The third-order valence-electron chi connectivity index (χ3n) is 4.25. The van der Waals surface area contributed by atoms with Gasteiger partial charge in [0.05, 0.1) is 23.6 Å². The van der Waals surface area contributed by atoms with Gasteiger partial charge < -0.3 is 0 Å². The molecule has 25 heavy (non-hydrogen) atoms. The summed E-state index contributed by atoms with van der Waals surface area (Å²) in [6.07, 6.45) is -1.77. The van der Waals surface area contributed by atoms with E-state index in [0.717, 1.165) is 31.5 Å². The van der Waals surface area contributed by atoms with Crippen LogP contribution >= 0.6 is 0 Å². The molecule has 1 atom stereocenters. The summed E-state index contributed by atoms with van der Waals surface area (Å²) in [5.74, 6) is 6.22. The van der Waals surface area contributed by atoms with Gasteiger partial charge >= 0.3 is 6.18 Å². The first-order valence-corrected chi connectivity index (χ1v) is 10.1. The molecule has 0 aromatic heterocycles. The number of halogens is 3. The highest BCUT2D eigenvalue weighted by Crippen LogP contribution is 2.28. The van der Waals surface area contributed by atoms with E-state index in [4.69, 9.17) is 0 Å². The van der Waals surface area contributed by atoms with Crippen molar-refractivity contribution in [3.63, 3.8) is 0 Å². The Morgan fingerprint density at radius 2 is 1.92 bits per heavy atom. The van der Waals surface area contributed by atoms with Crippen molar-refractivity contribution >= 4 is 9.84 Å². The average Bonchev–Trinajstić information content (AvgIpc) is 2.90. The molecule has 0 bridgehead atoms. The van der Waals surface area contributed by atoms with Crippen LogP contribution in [-0.4, -0.2) is 44.0 Å². The lowest BCUT2D eigenvalue weighted by Gasteiger charge is -2.25. The van der Waals surface area contributed by atoms with Gasteiger partial charge in [-0.3, -0.25) is 4.90 Å². The molecule has 1 unspecified atom stereocenters. The predicted molar refractivity (Wildman–Crippen MR) is 91.9 cm³/mol. The van der Waals surface area contributed by atoms with Crippen molar-refractivity contribution in [2.75, 3.05) is 24.6 Å². The topological polar surface area (TPSA) is 37.4 Å². The Morgan fingerprint density at radius 1 is 1.24 bits per heavy atom. The molecule has 1 aliphatic heterocycles. The van der Waals surface area contributed by atoms with Crippen LogP contribution in [0.3, 0.4) is 0 Å². The van der Waals surface area contributed by atoms with Crippen molar-refractivity contribution < 1.29 is 21.6 Å². The number of hydrogen-bond donors (Lipinski definition) is 0. The van der Waals surface area contributed by atoms with Gasteiger partial charge in [0.25, 0.3) is 0 Å². The maximum absolute atomic E-state index is 12.5. The molecule has 1 heterocycles. The minimum atomic E-state index is -4.35. The van der Waals surface area contributed by atoms with Crippen LogP contribution in [-0.2, 0) is 16.0 Å². The monoisotopic (exact) mass is 373 g/mol. The van der Waals surface area contributed by atoms with E-state index in [0.29, 0.717) is 18.5 Å². The van der Waals surface area contributed by atoms with Gasteiger partial charge in [-0.05, 0) is 43.7 Å². The fourth-order valence-corrected chi connectivity index (χ4v) is 4.56. The molecule has 1 aliphatic rings. The number of rotatable bonds is 5. The number of alkyl halides is 3. The quantitative estimate of drug-likeness (QED) is 0.743. The van der Waals surface area contributed by atoms with Gasteiger partial charge in [-0.15, -0.1) is 0 Å². The minimum Gasteiger partial charge on any atom is -0.288 e. The van der Waals surface area contributed by atoms with Crippen LogP contribution in [0, 0.1) is 11.8 Å². The smallest absolute Gasteiger partial charge is 0.288 e. The van der Waals surface area contributed by atoms with E-state index >= 15 is 0 Å². The van der Waals surface area contributed by atoms with Gasteiger partial charge in [0.2, 0.25) is 0 Å². The second kappa shape index (κ2) is 8.24. The number of nitrogens with zero attached hydrogens (tertiary/aromatic N) is 1. The van der Waals surface area contributed by atoms with Crippen LogP contribution in [0.5, 0.6) is 0 Å². The molecule has 138 valence electrons. The third kappa shape index (κ3) is 6.05. The van der Waals surface area contributed by atoms with Gasteiger partial charge in [0, 0.05) is 11.6 Å². The number of benzene rings is 1. The van der Waals surface area contributed by atoms with Crippen LogP contribution in [0.1, 0.15) is 37.3 Å². The fourth-order valence-electron chi connectivity index (χ4n) is 2.80. The highest BCUT2D eigenvalue weighted by molar-refractivity contribution is 7.91.